The topological polar surface area (TPSA) is 46.1 Å². The zero-order valence-corrected chi connectivity index (χ0v) is 21.2. The van der Waals surface area contributed by atoms with Crippen LogP contribution in [0.2, 0.25) is 0 Å². The predicted molar refractivity (Wildman–Crippen MR) is 131 cm³/mol. The van der Waals surface area contributed by atoms with Crippen LogP contribution >= 0.6 is 24.0 Å². The first kappa shape index (κ1) is 27.2. The molecular formula is C23H35F3IN3O2. The highest BCUT2D eigenvalue weighted by Crippen LogP contribution is 2.49. The van der Waals surface area contributed by atoms with Crippen LogP contribution in [0.5, 0.6) is 0 Å². The fourth-order valence-corrected chi connectivity index (χ4v) is 4.05. The van der Waals surface area contributed by atoms with E-state index in [1.807, 2.05) is 6.92 Å². The number of halogens is 4. The quantitative estimate of drug-likeness (QED) is 0.200. The Hall–Kier alpha value is -1.07. The zero-order chi connectivity index (χ0) is 22.3. The Morgan fingerprint density at radius 2 is 1.94 bits per heavy atom. The van der Waals surface area contributed by atoms with E-state index in [4.69, 9.17) is 14.5 Å². The second-order valence-corrected chi connectivity index (χ2v) is 8.43. The summed E-state index contributed by atoms with van der Waals surface area (Å²) in [6.45, 7) is 6.43. The first-order chi connectivity index (χ1) is 14.9. The maximum Gasteiger partial charge on any atom is 0.416 e. The Bertz CT molecular complexity index is 733. The molecule has 1 aliphatic heterocycles. The molecule has 1 saturated carbocycles. The predicted octanol–water partition coefficient (Wildman–Crippen LogP) is 4.84. The number of rotatable bonds is 9. The lowest BCUT2D eigenvalue weighted by Crippen LogP contribution is -2.47. The summed E-state index contributed by atoms with van der Waals surface area (Å²) in [6, 6.07) is 5.73. The molecule has 182 valence electrons. The lowest BCUT2D eigenvalue weighted by Gasteiger charge is -2.34. The van der Waals surface area contributed by atoms with Crippen molar-refractivity contribution in [1.29, 1.82) is 0 Å². The Kier molecular flexibility index (Phi) is 10.5. The Morgan fingerprint density at radius 3 is 2.53 bits per heavy atom. The van der Waals surface area contributed by atoms with E-state index < -0.39 is 11.7 Å². The highest BCUT2D eigenvalue weighted by Gasteiger charge is 2.45. The van der Waals surface area contributed by atoms with E-state index >= 15 is 0 Å². The summed E-state index contributed by atoms with van der Waals surface area (Å²) in [5, 5.41) is 3.35. The molecule has 0 atom stereocenters. The summed E-state index contributed by atoms with van der Waals surface area (Å²) < 4.78 is 50.4. The monoisotopic (exact) mass is 569 g/mol. The van der Waals surface area contributed by atoms with E-state index in [0.29, 0.717) is 19.8 Å². The second kappa shape index (κ2) is 12.4. The number of piperidine rings is 1. The third kappa shape index (κ3) is 7.48. The van der Waals surface area contributed by atoms with E-state index in [9.17, 15) is 13.2 Å². The molecule has 1 heterocycles. The molecule has 0 bridgehead atoms. The van der Waals surface area contributed by atoms with Crippen molar-refractivity contribution in [3.8, 4) is 0 Å². The molecule has 0 amide bonds. The van der Waals surface area contributed by atoms with Crippen LogP contribution in [-0.2, 0) is 21.1 Å². The fraction of sp³-hybridized carbons (Fsp3) is 0.696. The molecule has 3 rings (SSSR count). The molecule has 0 spiro atoms. The van der Waals surface area contributed by atoms with Crippen molar-refractivity contribution in [2.75, 3.05) is 46.5 Å². The minimum absolute atomic E-state index is 0. The number of guanidine groups is 1. The average molecular weight is 569 g/mol. The summed E-state index contributed by atoms with van der Waals surface area (Å²) >= 11 is 0. The van der Waals surface area contributed by atoms with Gasteiger partial charge >= 0.3 is 6.18 Å². The summed E-state index contributed by atoms with van der Waals surface area (Å²) in [6.07, 6.45) is 0.463. The first-order valence-corrected chi connectivity index (χ1v) is 11.2. The standard InChI is InChI=1S/C23H34F3N3O2.HI/c1-3-27-21(29-12-8-20(9-13-29)31-15-5-14-30-2)28-17-22(10-11-22)18-6-4-7-19(16-18)23(24,25)26;/h4,6-7,16,20H,3,5,8-15,17H2,1-2H3,(H,27,28);1H. The SMILES string of the molecule is CCNC(=NCC1(c2cccc(C(F)(F)F)c2)CC1)N1CCC(OCCCOC)CC1.I. The molecular weight excluding hydrogens is 534 g/mol. The number of nitrogens with zero attached hydrogens (tertiary/aromatic N) is 2. The number of methoxy groups -OCH3 is 1. The van der Waals surface area contributed by atoms with Gasteiger partial charge in [0.1, 0.15) is 0 Å². The number of hydrogen-bond donors (Lipinski definition) is 1. The van der Waals surface area contributed by atoms with Gasteiger partial charge in [0.15, 0.2) is 5.96 Å². The minimum Gasteiger partial charge on any atom is -0.385 e. The molecule has 2 fully saturated rings. The van der Waals surface area contributed by atoms with Gasteiger partial charge in [0, 0.05) is 45.4 Å². The third-order valence-corrected chi connectivity index (χ3v) is 6.11. The van der Waals surface area contributed by atoms with Gasteiger partial charge in [-0.05, 0) is 50.7 Å². The number of likely N-dealkylation sites (tertiary alicyclic amines) is 1. The summed E-state index contributed by atoms with van der Waals surface area (Å²) in [4.78, 5) is 7.08. The molecule has 0 aromatic heterocycles. The molecule has 32 heavy (non-hydrogen) atoms. The van der Waals surface area contributed by atoms with Crippen LogP contribution in [0.3, 0.4) is 0 Å². The first-order valence-electron chi connectivity index (χ1n) is 11.2. The number of hydrogen-bond acceptors (Lipinski definition) is 3. The lowest BCUT2D eigenvalue weighted by atomic mass is 9.94. The van der Waals surface area contributed by atoms with Crippen molar-refractivity contribution in [2.24, 2.45) is 4.99 Å². The lowest BCUT2D eigenvalue weighted by molar-refractivity contribution is -0.137. The van der Waals surface area contributed by atoms with Gasteiger partial charge in [0.05, 0.1) is 18.2 Å². The van der Waals surface area contributed by atoms with Gasteiger partial charge in [-0.2, -0.15) is 13.2 Å². The number of alkyl halides is 3. The van der Waals surface area contributed by atoms with Crippen molar-refractivity contribution in [2.45, 2.75) is 56.7 Å². The number of aliphatic imine (C=N–C) groups is 1. The van der Waals surface area contributed by atoms with Crippen molar-refractivity contribution in [1.82, 2.24) is 10.2 Å². The van der Waals surface area contributed by atoms with E-state index in [0.717, 1.165) is 69.3 Å². The van der Waals surface area contributed by atoms with E-state index in [-0.39, 0.29) is 35.5 Å². The number of benzene rings is 1. The van der Waals surface area contributed by atoms with E-state index in [1.54, 1.807) is 13.2 Å². The van der Waals surface area contributed by atoms with Crippen LogP contribution in [0.4, 0.5) is 13.2 Å². The molecule has 5 nitrogen and oxygen atoms in total. The van der Waals surface area contributed by atoms with Crippen LogP contribution in [-0.4, -0.2) is 63.5 Å². The molecule has 0 radical (unpaired) electrons. The van der Waals surface area contributed by atoms with Crippen molar-refractivity contribution in [3.63, 3.8) is 0 Å². The molecule has 1 aromatic rings. The molecule has 1 saturated heterocycles. The highest BCUT2D eigenvalue weighted by atomic mass is 127. The minimum atomic E-state index is -4.32. The molecule has 1 N–H and O–H groups in total. The van der Waals surface area contributed by atoms with Gasteiger partial charge in [-0.25, -0.2) is 0 Å². The van der Waals surface area contributed by atoms with Gasteiger partial charge in [0.25, 0.3) is 0 Å². The molecule has 9 heteroatoms. The van der Waals surface area contributed by atoms with Crippen molar-refractivity contribution in [3.05, 3.63) is 35.4 Å². The maximum atomic E-state index is 13.1. The van der Waals surface area contributed by atoms with Crippen LogP contribution in [0.25, 0.3) is 0 Å². The Morgan fingerprint density at radius 1 is 1.22 bits per heavy atom. The highest BCUT2D eigenvalue weighted by molar-refractivity contribution is 14.0. The maximum absolute atomic E-state index is 13.1. The summed E-state index contributed by atoms with van der Waals surface area (Å²) in [5.74, 6) is 0.846. The third-order valence-electron chi connectivity index (χ3n) is 6.11. The van der Waals surface area contributed by atoms with E-state index in [2.05, 4.69) is 10.2 Å². The molecule has 1 aromatic carbocycles. The number of ether oxygens (including phenoxy) is 2. The molecule has 2 aliphatic rings. The van der Waals surface area contributed by atoms with Crippen LogP contribution in [0.1, 0.15) is 50.2 Å². The van der Waals surface area contributed by atoms with Gasteiger partial charge in [0.2, 0.25) is 0 Å². The fourth-order valence-electron chi connectivity index (χ4n) is 4.05. The normalized spacial score (nSPS) is 18.9. The van der Waals surface area contributed by atoms with Crippen LogP contribution in [0, 0.1) is 0 Å². The summed E-state index contributed by atoms with van der Waals surface area (Å²) in [7, 11) is 1.69. The van der Waals surface area contributed by atoms with Crippen molar-refractivity contribution >= 4 is 29.9 Å². The Labute approximate surface area is 206 Å². The summed E-state index contributed by atoms with van der Waals surface area (Å²) in [5.41, 5.74) is -0.116. The smallest absolute Gasteiger partial charge is 0.385 e. The van der Waals surface area contributed by atoms with Crippen molar-refractivity contribution < 1.29 is 22.6 Å². The van der Waals surface area contributed by atoms with E-state index in [1.165, 1.54) is 12.1 Å². The van der Waals surface area contributed by atoms with Gasteiger partial charge < -0.3 is 19.7 Å². The molecule has 1 aliphatic carbocycles. The van der Waals surface area contributed by atoms with Crippen LogP contribution < -0.4 is 5.32 Å². The zero-order valence-electron chi connectivity index (χ0n) is 18.9. The largest absolute Gasteiger partial charge is 0.416 e. The van der Waals surface area contributed by atoms with Crippen LogP contribution in [0.15, 0.2) is 29.3 Å². The van der Waals surface area contributed by atoms with Gasteiger partial charge in [-0.1, -0.05) is 18.2 Å². The second-order valence-electron chi connectivity index (χ2n) is 8.43. The number of nitrogens with one attached hydrogen (secondary N) is 1. The van der Waals surface area contributed by atoms with Gasteiger partial charge in [-0.15, -0.1) is 24.0 Å². The Balaban J connectivity index is 0.00000363. The molecule has 0 unspecified atom stereocenters. The van der Waals surface area contributed by atoms with Gasteiger partial charge in [-0.3, -0.25) is 4.99 Å². The average Bonchev–Trinajstić information content (AvgIpc) is 3.55.